The summed E-state index contributed by atoms with van der Waals surface area (Å²) in [4.78, 5) is 27.9. The molecule has 5 nitrogen and oxygen atoms in total. The van der Waals surface area contributed by atoms with E-state index in [0.717, 1.165) is 29.8 Å². The average Bonchev–Trinajstić information content (AvgIpc) is 2.69. The maximum Gasteiger partial charge on any atom is 0.365 e. The van der Waals surface area contributed by atoms with E-state index in [0.29, 0.717) is 6.42 Å². The summed E-state index contributed by atoms with van der Waals surface area (Å²) in [6, 6.07) is 0. The number of thiazole rings is 1. The lowest BCUT2D eigenvalue weighted by atomic mass is 9.88. The molecule has 1 unspecified atom stereocenters. The zero-order valence-electron chi connectivity index (χ0n) is 11.9. The molecule has 0 spiro atoms. The molecule has 0 fully saturated rings. The summed E-state index contributed by atoms with van der Waals surface area (Å²) < 4.78 is 5.33. The van der Waals surface area contributed by atoms with Crippen LogP contribution < -0.4 is 0 Å². The van der Waals surface area contributed by atoms with Crippen molar-refractivity contribution in [3.8, 4) is 0 Å². The van der Waals surface area contributed by atoms with Crippen LogP contribution in [0.4, 0.5) is 0 Å². The van der Waals surface area contributed by atoms with Crippen molar-refractivity contribution in [3.05, 3.63) is 15.6 Å². The molecule has 20 heavy (non-hydrogen) atoms. The van der Waals surface area contributed by atoms with Gasteiger partial charge in [0.25, 0.3) is 0 Å². The number of ether oxygens (including phenoxy) is 1. The lowest BCUT2D eigenvalue weighted by Crippen LogP contribution is -2.26. The molecule has 0 amide bonds. The Morgan fingerprint density at radius 1 is 1.45 bits per heavy atom. The molecule has 0 bridgehead atoms. The van der Waals surface area contributed by atoms with Crippen molar-refractivity contribution in [2.24, 2.45) is 5.92 Å². The van der Waals surface area contributed by atoms with Gasteiger partial charge in [0.2, 0.25) is 5.01 Å². The third-order valence-electron chi connectivity index (χ3n) is 3.10. The van der Waals surface area contributed by atoms with E-state index in [-0.39, 0.29) is 16.9 Å². The zero-order chi connectivity index (χ0) is 14.9. The number of carbonyl (C=O) groups is 2. The van der Waals surface area contributed by atoms with Gasteiger partial charge in [0.1, 0.15) is 5.60 Å². The van der Waals surface area contributed by atoms with Gasteiger partial charge < -0.3 is 9.84 Å². The minimum Gasteiger partial charge on any atom is -0.476 e. The first-order chi connectivity index (χ1) is 9.24. The van der Waals surface area contributed by atoms with Crippen LogP contribution in [0.3, 0.4) is 0 Å². The highest BCUT2D eigenvalue weighted by Gasteiger charge is 2.27. The summed E-state index contributed by atoms with van der Waals surface area (Å²) in [6.07, 6.45) is 2.71. The summed E-state index contributed by atoms with van der Waals surface area (Å²) in [7, 11) is 0. The Morgan fingerprint density at radius 3 is 2.75 bits per heavy atom. The largest absolute Gasteiger partial charge is 0.476 e. The number of rotatable bonds is 3. The fourth-order valence-corrected chi connectivity index (χ4v) is 3.39. The van der Waals surface area contributed by atoms with Crippen molar-refractivity contribution in [2.45, 2.75) is 52.1 Å². The first kappa shape index (κ1) is 15.0. The minimum absolute atomic E-state index is 0.146. The fraction of sp³-hybridized carbons (Fsp3) is 0.643. The van der Waals surface area contributed by atoms with Gasteiger partial charge in [-0.1, -0.05) is 0 Å². The van der Waals surface area contributed by atoms with Gasteiger partial charge in [0.05, 0.1) is 5.69 Å². The van der Waals surface area contributed by atoms with E-state index in [4.69, 9.17) is 9.84 Å². The molecule has 1 atom stereocenters. The first-order valence-corrected chi connectivity index (χ1v) is 7.50. The van der Waals surface area contributed by atoms with E-state index in [1.54, 1.807) is 0 Å². The van der Waals surface area contributed by atoms with E-state index in [1.165, 1.54) is 11.3 Å². The molecule has 1 aliphatic carbocycles. The van der Waals surface area contributed by atoms with Crippen LogP contribution in [0.5, 0.6) is 0 Å². The molecule has 1 heterocycles. The quantitative estimate of drug-likeness (QED) is 0.868. The molecule has 0 aliphatic heterocycles. The topological polar surface area (TPSA) is 76.5 Å². The second kappa shape index (κ2) is 5.52. The zero-order valence-corrected chi connectivity index (χ0v) is 12.7. The summed E-state index contributed by atoms with van der Waals surface area (Å²) in [5.41, 5.74) is 0.422. The fourth-order valence-electron chi connectivity index (χ4n) is 2.33. The molecule has 0 radical (unpaired) electrons. The van der Waals surface area contributed by atoms with Crippen LogP contribution in [0.2, 0.25) is 0 Å². The van der Waals surface area contributed by atoms with Gasteiger partial charge in [0, 0.05) is 11.3 Å². The lowest BCUT2D eigenvalue weighted by Gasteiger charge is -2.24. The highest BCUT2D eigenvalue weighted by atomic mass is 32.1. The number of carbonyl (C=O) groups excluding carboxylic acids is 1. The molecule has 0 aromatic carbocycles. The summed E-state index contributed by atoms with van der Waals surface area (Å²) in [5, 5.41) is 9.09. The van der Waals surface area contributed by atoms with Gasteiger partial charge in [-0.2, -0.15) is 0 Å². The Morgan fingerprint density at radius 2 is 2.15 bits per heavy atom. The van der Waals surface area contributed by atoms with Gasteiger partial charge in [-0.05, 0) is 46.0 Å². The van der Waals surface area contributed by atoms with Crippen molar-refractivity contribution >= 4 is 23.3 Å². The predicted molar refractivity (Wildman–Crippen MR) is 75.1 cm³/mol. The average molecular weight is 297 g/mol. The minimum atomic E-state index is -0.979. The molecule has 0 saturated carbocycles. The number of aromatic carboxylic acids is 1. The van der Waals surface area contributed by atoms with E-state index in [9.17, 15) is 9.59 Å². The molecule has 6 heteroatoms. The van der Waals surface area contributed by atoms with Crippen LogP contribution in [0.25, 0.3) is 0 Å². The monoisotopic (exact) mass is 297 g/mol. The molecule has 1 aromatic rings. The standard InChI is InChI=1S/C14H19NO4S/c1-14(2,3)19-11(16)7-8-4-5-9-10(6-8)20-12(15-9)13(17)18/h8H,4-7H2,1-3H3,(H,17,18). The van der Waals surface area contributed by atoms with Crippen molar-refractivity contribution in [1.29, 1.82) is 0 Å². The van der Waals surface area contributed by atoms with Crippen LogP contribution in [0.1, 0.15) is 54.0 Å². The number of hydrogen-bond donors (Lipinski definition) is 1. The molecular weight excluding hydrogens is 278 g/mol. The van der Waals surface area contributed by atoms with E-state index in [2.05, 4.69) is 4.98 Å². The first-order valence-electron chi connectivity index (χ1n) is 6.68. The smallest absolute Gasteiger partial charge is 0.365 e. The number of carboxylic acids is 1. The van der Waals surface area contributed by atoms with Gasteiger partial charge in [-0.3, -0.25) is 4.79 Å². The van der Waals surface area contributed by atoms with Crippen molar-refractivity contribution in [3.63, 3.8) is 0 Å². The lowest BCUT2D eigenvalue weighted by molar-refractivity contribution is -0.156. The number of fused-ring (bicyclic) bond motifs is 1. The third-order valence-corrected chi connectivity index (χ3v) is 4.21. The second-order valence-corrected chi connectivity index (χ2v) is 7.18. The Labute approximate surface area is 122 Å². The van der Waals surface area contributed by atoms with E-state index in [1.807, 2.05) is 20.8 Å². The van der Waals surface area contributed by atoms with E-state index >= 15 is 0 Å². The maximum absolute atomic E-state index is 11.8. The normalized spacial score (nSPS) is 18.4. The number of aryl methyl sites for hydroxylation is 1. The highest BCUT2D eigenvalue weighted by Crippen LogP contribution is 2.32. The Balaban J connectivity index is 1.97. The summed E-state index contributed by atoms with van der Waals surface area (Å²) in [5.74, 6) is -0.943. The van der Waals surface area contributed by atoms with Crippen LogP contribution in [0, 0.1) is 5.92 Å². The number of nitrogens with zero attached hydrogens (tertiary/aromatic N) is 1. The number of hydrogen-bond acceptors (Lipinski definition) is 5. The summed E-state index contributed by atoms with van der Waals surface area (Å²) in [6.45, 7) is 5.56. The van der Waals surface area contributed by atoms with Crippen molar-refractivity contribution < 1.29 is 19.4 Å². The predicted octanol–water partition coefficient (Wildman–Crippen LogP) is 2.68. The molecule has 1 aromatic heterocycles. The highest BCUT2D eigenvalue weighted by molar-refractivity contribution is 7.13. The van der Waals surface area contributed by atoms with Gasteiger partial charge >= 0.3 is 11.9 Å². The molecule has 1 aliphatic rings. The second-order valence-electron chi connectivity index (χ2n) is 6.09. The van der Waals surface area contributed by atoms with Crippen molar-refractivity contribution in [2.75, 3.05) is 0 Å². The van der Waals surface area contributed by atoms with E-state index < -0.39 is 11.6 Å². The molecule has 2 rings (SSSR count). The van der Waals surface area contributed by atoms with Crippen LogP contribution in [-0.2, 0) is 22.4 Å². The van der Waals surface area contributed by atoms with Crippen molar-refractivity contribution in [1.82, 2.24) is 4.98 Å². The Hall–Kier alpha value is -1.43. The molecule has 0 saturated heterocycles. The Kier molecular flexibility index (Phi) is 4.13. The van der Waals surface area contributed by atoms with Gasteiger partial charge in [-0.15, -0.1) is 11.3 Å². The van der Waals surface area contributed by atoms with Gasteiger partial charge in [0.15, 0.2) is 0 Å². The van der Waals surface area contributed by atoms with Gasteiger partial charge in [-0.25, -0.2) is 9.78 Å². The number of carboxylic acid groups (broad SMARTS) is 1. The van der Waals surface area contributed by atoms with Crippen LogP contribution >= 0.6 is 11.3 Å². The molecule has 110 valence electrons. The number of esters is 1. The maximum atomic E-state index is 11.8. The van der Waals surface area contributed by atoms with Crippen LogP contribution in [-0.4, -0.2) is 27.6 Å². The number of aromatic nitrogens is 1. The SMILES string of the molecule is CC(C)(C)OC(=O)CC1CCc2nc(C(=O)O)sc2C1. The molecular formula is C14H19NO4S. The summed E-state index contributed by atoms with van der Waals surface area (Å²) >= 11 is 1.22. The van der Waals surface area contributed by atoms with Crippen LogP contribution in [0.15, 0.2) is 0 Å². The third kappa shape index (κ3) is 3.79. The molecule has 1 N–H and O–H groups in total. The Bertz CT molecular complexity index is 530.